The lowest BCUT2D eigenvalue weighted by molar-refractivity contribution is -0.134. The smallest absolute Gasteiger partial charge is 0.224 e. The number of carbonyl (C=O) groups is 1. The molecular formula is C14H29N7O. The SMILES string of the molecule is NC(N)=NCCCN(C(=O)CCN=C(N)N)C1CCCCC1. The van der Waals surface area contributed by atoms with Crippen molar-refractivity contribution in [1.82, 2.24) is 4.90 Å². The summed E-state index contributed by atoms with van der Waals surface area (Å²) in [5.41, 5.74) is 21.2. The summed E-state index contributed by atoms with van der Waals surface area (Å²) in [6, 6.07) is 0.319. The van der Waals surface area contributed by atoms with Crippen molar-refractivity contribution >= 4 is 17.8 Å². The Bertz CT molecular complexity index is 394. The van der Waals surface area contributed by atoms with Crippen LogP contribution in [0.3, 0.4) is 0 Å². The predicted molar refractivity (Wildman–Crippen MR) is 89.2 cm³/mol. The Kier molecular flexibility index (Phi) is 8.09. The minimum atomic E-state index is 0.0183. The van der Waals surface area contributed by atoms with Gasteiger partial charge in [-0.2, -0.15) is 0 Å². The highest BCUT2D eigenvalue weighted by atomic mass is 16.2. The molecule has 0 atom stereocenters. The maximum Gasteiger partial charge on any atom is 0.224 e. The van der Waals surface area contributed by atoms with Gasteiger partial charge in [0, 0.05) is 25.6 Å². The highest BCUT2D eigenvalue weighted by Gasteiger charge is 2.24. The molecule has 0 aromatic rings. The fourth-order valence-electron chi connectivity index (χ4n) is 2.78. The molecule has 8 heteroatoms. The average Bonchev–Trinajstić information content (AvgIpc) is 2.47. The van der Waals surface area contributed by atoms with Crippen LogP contribution in [0.2, 0.25) is 0 Å². The zero-order valence-corrected chi connectivity index (χ0v) is 13.2. The topological polar surface area (TPSA) is 149 Å². The number of amides is 1. The average molecular weight is 311 g/mol. The highest BCUT2D eigenvalue weighted by Crippen LogP contribution is 2.23. The first-order chi connectivity index (χ1) is 10.5. The van der Waals surface area contributed by atoms with E-state index in [0.717, 1.165) is 19.3 Å². The normalized spacial score (nSPS) is 15.1. The van der Waals surface area contributed by atoms with Crippen LogP contribution >= 0.6 is 0 Å². The van der Waals surface area contributed by atoms with Crippen LogP contribution in [0.25, 0.3) is 0 Å². The molecule has 126 valence electrons. The molecule has 0 spiro atoms. The molecule has 0 aromatic heterocycles. The van der Waals surface area contributed by atoms with E-state index in [4.69, 9.17) is 22.9 Å². The third-order valence-electron chi connectivity index (χ3n) is 3.81. The molecule has 0 bridgehead atoms. The van der Waals surface area contributed by atoms with Gasteiger partial charge in [0.05, 0.1) is 6.54 Å². The number of guanidine groups is 2. The molecule has 8 nitrogen and oxygen atoms in total. The molecule has 8 N–H and O–H groups in total. The van der Waals surface area contributed by atoms with Crippen molar-refractivity contribution in [2.75, 3.05) is 19.6 Å². The molecule has 0 aromatic carbocycles. The first-order valence-corrected chi connectivity index (χ1v) is 7.91. The molecule has 0 radical (unpaired) electrons. The van der Waals surface area contributed by atoms with Gasteiger partial charge in [-0.15, -0.1) is 0 Å². The van der Waals surface area contributed by atoms with Crippen LogP contribution in [0.4, 0.5) is 0 Å². The molecule has 1 aliphatic rings. The summed E-state index contributed by atoms with van der Waals surface area (Å²) in [6.07, 6.45) is 6.82. The number of aliphatic imine (C=N–C) groups is 2. The zero-order valence-electron chi connectivity index (χ0n) is 13.2. The molecule has 0 saturated heterocycles. The van der Waals surface area contributed by atoms with Gasteiger partial charge in [0.15, 0.2) is 11.9 Å². The Balaban J connectivity index is 2.54. The summed E-state index contributed by atoms with van der Waals surface area (Å²) in [5.74, 6) is 0.203. The quantitative estimate of drug-likeness (QED) is 0.270. The fraction of sp³-hybridized carbons (Fsp3) is 0.786. The summed E-state index contributed by atoms with van der Waals surface area (Å²) in [6.45, 7) is 1.53. The lowest BCUT2D eigenvalue weighted by Crippen LogP contribution is -2.42. The second-order valence-electron chi connectivity index (χ2n) is 5.60. The van der Waals surface area contributed by atoms with E-state index in [1.807, 2.05) is 4.90 Å². The minimum absolute atomic E-state index is 0.0183. The molecule has 1 aliphatic carbocycles. The number of hydrogen-bond acceptors (Lipinski definition) is 3. The van der Waals surface area contributed by atoms with Gasteiger partial charge in [0.25, 0.3) is 0 Å². The predicted octanol–water partition coefficient (Wildman–Crippen LogP) is -0.525. The van der Waals surface area contributed by atoms with E-state index < -0.39 is 0 Å². The first-order valence-electron chi connectivity index (χ1n) is 7.91. The molecule has 1 fully saturated rings. The van der Waals surface area contributed by atoms with E-state index in [0.29, 0.717) is 32.1 Å². The number of nitrogens with zero attached hydrogens (tertiary/aromatic N) is 3. The first kappa shape index (κ1) is 18.1. The maximum atomic E-state index is 12.4. The second kappa shape index (κ2) is 9.86. The highest BCUT2D eigenvalue weighted by molar-refractivity contribution is 5.78. The maximum absolute atomic E-state index is 12.4. The molecule has 1 rings (SSSR count). The zero-order chi connectivity index (χ0) is 16.4. The van der Waals surface area contributed by atoms with Crippen molar-refractivity contribution in [3.63, 3.8) is 0 Å². The summed E-state index contributed by atoms with van der Waals surface area (Å²) >= 11 is 0. The summed E-state index contributed by atoms with van der Waals surface area (Å²) in [7, 11) is 0. The summed E-state index contributed by atoms with van der Waals surface area (Å²) in [4.78, 5) is 22.3. The van der Waals surface area contributed by atoms with Gasteiger partial charge in [0.2, 0.25) is 5.91 Å². The summed E-state index contributed by atoms with van der Waals surface area (Å²) in [5, 5.41) is 0. The van der Waals surface area contributed by atoms with Gasteiger partial charge in [0.1, 0.15) is 0 Å². The van der Waals surface area contributed by atoms with Crippen LogP contribution in [0.15, 0.2) is 9.98 Å². The van der Waals surface area contributed by atoms with Crippen molar-refractivity contribution in [3.8, 4) is 0 Å². The van der Waals surface area contributed by atoms with Crippen molar-refractivity contribution in [2.24, 2.45) is 32.9 Å². The molecule has 1 saturated carbocycles. The molecule has 1 amide bonds. The van der Waals surface area contributed by atoms with E-state index in [1.54, 1.807) is 0 Å². The van der Waals surface area contributed by atoms with Crippen molar-refractivity contribution in [2.45, 2.75) is 51.0 Å². The van der Waals surface area contributed by atoms with Crippen LogP contribution in [0, 0.1) is 0 Å². The third kappa shape index (κ3) is 7.14. The molecule has 0 unspecified atom stereocenters. The van der Waals surface area contributed by atoms with Gasteiger partial charge in [-0.25, -0.2) is 0 Å². The van der Waals surface area contributed by atoms with Gasteiger partial charge in [-0.05, 0) is 19.3 Å². The lowest BCUT2D eigenvalue weighted by atomic mass is 9.94. The Hall–Kier alpha value is -1.99. The largest absolute Gasteiger partial charge is 0.370 e. The van der Waals surface area contributed by atoms with Crippen molar-refractivity contribution < 1.29 is 4.79 Å². The number of hydrogen-bond donors (Lipinski definition) is 4. The second-order valence-corrected chi connectivity index (χ2v) is 5.60. The minimum Gasteiger partial charge on any atom is -0.370 e. The third-order valence-corrected chi connectivity index (χ3v) is 3.81. The van der Waals surface area contributed by atoms with E-state index in [2.05, 4.69) is 9.98 Å². The molecule has 0 aliphatic heterocycles. The Morgan fingerprint density at radius 1 is 0.955 bits per heavy atom. The summed E-state index contributed by atoms with van der Waals surface area (Å²) < 4.78 is 0. The van der Waals surface area contributed by atoms with Crippen LogP contribution in [0.1, 0.15) is 44.9 Å². The van der Waals surface area contributed by atoms with Crippen LogP contribution in [-0.4, -0.2) is 48.4 Å². The lowest BCUT2D eigenvalue weighted by Gasteiger charge is -2.34. The van der Waals surface area contributed by atoms with Crippen molar-refractivity contribution in [3.05, 3.63) is 0 Å². The van der Waals surface area contributed by atoms with E-state index in [9.17, 15) is 4.79 Å². The molecular weight excluding hydrogens is 282 g/mol. The molecule has 0 heterocycles. The van der Waals surface area contributed by atoms with Crippen LogP contribution < -0.4 is 22.9 Å². The fourth-order valence-corrected chi connectivity index (χ4v) is 2.78. The number of carbonyl (C=O) groups excluding carboxylic acids is 1. The van der Waals surface area contributed by atoms with Crippen molar-refractivity contribution in [1.29, 1.82) is 0 Å². The van der Waals surface area contributed by atoms with Gasteiger partial charge in [-0.3, -0.25) is 14.8 Å². The Labute approximate surface area is 132 Å². The van der Waals surface area contributed by atoms with Crippen LogP contribution in [0.5, 0.6) is 0 Å². The van der Waals surface area contributed by atoms with Gasteiger partial charge < -0.3 is 27.8 Å². The number of rotatable bonds is 8. The monoisotopic (exact) mass is 311 g/mol. The van der Waals surface area contributed by atoms with Gasteiger partial charge in [-0.1, -0.05) is 19.3 Å². The van der Waals surface area contributed by atoms with E-state index in [1.165, 1.54) is 19.3 Å². The standard InChI is InChI=1S/C14H29N7O/c15-13(16)19-8-4-10-21(11-5-2-1-3-6-11)12(22)7-9-20-14(17)18/h11H,1-10H2,(H4,15,16,19)(H4,17,18,20). The van der Waals surface area contributed by atoms with Crippen LogP contribution in [-0.2, 0) is 4.79 Å². The van der Waals surface area contributed by atoms with E-state index >= 15 is 0 Å². The molecule has 22 heavy (non-hydrogen) atoms. The van der Waals surface area contributed by atoms with E-state index in [-0.39, 0.29) is 17.8 Å². The van der Waals surface area contributed by atoms with Gasteiger partial charge >= 0.3 is 0 Å². The Morgan fingerprint density at radius 3 is 2.14 bits per heavy atom. The Morgan fingerprint density at radius 2 is 1.55 bits per heavy atom. The number of nitrogens with two attached hydrogens (primary N) is 4.